The number of aromatic nitrogens is 3. The summed E-state index contributed by atoms with van der Waals surface area (Å²) in [5.41, 5.74) is 3.46. The molecule has 0 radical (unpaired) electrons. The number of amides is 1. The van der Waals surface area contributed by atoms with E-state index in [2.05, 4.69) is 9.88 Å². The summed E-state index contributed by atoms with van der Waals surface area (Å²) >= 11 is 0. The highest BCUT2D eigenvalue weighted by Crippen LogP contribution is 2.34. The first-order chi connectivity index (χ1) is 16.2. The number of halogens is 1. The van der Waals surface area contributed by atoms with Crippen LogP contribution in [0.2, 0.25) is 0 Å². The monoisotopic (exact) mass is 445 g/mol. The van der Waals surface area contributed by atoms with Crippen LogP contribution in [-0.4, -0.2) is 51.9 Å². The van der Waals surface area contributed by atoms with Gasteiger partial charge in [0.25, 0.3) is 5.91 Å². The molecule has 7 heteroatoms. The second-order valence-corrected chi connectivity index (χ2v) is 8.86. The number of carbonyl (C=O) groups is 1. The van der Waals surface area contributed by atoms with E-state index in [0.717, 1.165) is 61.5 Å². The van der Waals surface area contributed by atoms with Crippen LogP contribution in [0.1, 0.15) is 54.1 Å². The smallest absolute Gasteiger partial charge is 0.253 e. The van der Waals surface area contributed by atoms with Crippen LogP contribution in [0.5, 0.6) is 0 Å². The normalized spacial score (nSPS) is 18.9. The van der Waals surface area contributed by atoms with Crippen LogP contribution in [0, 0.1) is 5.82 Å². The maximum atomic E-state index is 13.3. The fraction of sp³-hybridized carbons (Fsp3) is 0.385. The topological polar surface area (TPSA) is 62.2 Å². The van der Waals surface area contributed by atoms with Crippen LogP contribution in [0.3, 0.4) is 0 Å². The van der Waals surface area contributed by atoms with Gasteiger partial charge in [-0.25, -0.2) is 14.4 Å². The van der Waals surface area contributed by atoms with Gasteiger partial charge in [-0.3, -0.25) is 9.78 Å². The molecule has 2 saturated heterocycles. The van der Waals surface area contributed by atoms with Crippen molar-refractivity contribution >= 4 is 11.9 Å². The third-order valence-electron chi connectivity index (χ3n) is 6.60. The Morgan fingerprint density at radius 2 is 1.79 bits per heavy atom. The summed E-state index contributed by atoms with van der Waals surface area (Å²) in [6.07, 6.45) is 10.9. The van der Waals surface area contributed by atoms with Gasteiger partial charge < -0.3 is 9.80 Å². The summed E-state index contributed by atoms with van der Waals surface area (Å²) in [6.45, 7) is 3.23. The Kier molecular flexibility index (Phi) is 6.28. The highest BCUT2D eigenvalue weighted by molar-refractivity contribution is 5.94. The Bertz CT molecular complexity index is 1100. The molecule has 0 N–H and O–H groups in total. The van der Waals surface area contributed by atoms with Crippen molar-refractivity contribution in [3.63, 3.8) is 0 Å². The van der Waals surface area contributed by atoms with Gasteiger partial charge in [0.05, 0.1) is 5.69 Å². The first-order valence-electron chi connectivity index (χ1n) is 11.8. The average molecular weight is 446 g/mol. The summed E-state index contributed by atoms with van der Waals surface area (Å²) in [5.74, 6) is 0.479. The molecule has 6 nitrogen and oxygen atoms in total. The van der Waals surface area contributed by atoms with Crippen molar-refractivity contribution < 1.29 is 9.18 Å². The SMILES string of the molecule is O=C(c1ccc(F)cc1)N1CCC[C@H](c2nc(N3CCCCC3)ncc2-c2cccnc2)C1. The Morgan fingerprint density at radius 1 is 0.970 bits per heavy atom. The van der Waals surface area contributed by atoms with Crippen molar-refractivity contribution in [2.24, 2.45) is 0 Å². The number of pyridine rings is 1. The molecule has 2 aromatic heterocycles. The summed E-state index contributed by atoms with van der Waals surface area (Å²) in [7, 11) is 0. The van der Waals surface area contributed by atoms with Gasteiger partial charge in [-0.05, 0) is 62.4 Å². The molecule has 33 heavy (non-hydrogen) atoms. The molecule has 3 aromatic rings. The van der Waals surface area contributed by atoms with Gasteiger partial charge in [0, 0.05) is 67.4 Å². The van der Waals surface area contributed by atoms with E-state index in [-0.39, 0.29) is 17.6 Å². The van der Waals surface area contributed by atoms with Crippen molar-refractivity contribution in [2.45, 2.75) is 38.0 Å². The van der Waals surface area contributed by atoms with Gasteiger partial charge in [0.1, 0.15) is 5.82 Å². The summed E-state index contributed by atoms with van der Waals surface area (Å²) in [4.78, 5) is 31.3. The first-order valence-corrected chi connectivity index (χ1v) is 11.8. The average Bonchev–Trinajstić information content (AvgIpc) is 2.89. The van der Waals surface area contributed by atoms with Crippen LogP contribution in [-0.2, 0) is 0 Å². The van der Waals surface area contributed by atoms with Crippen molar-refractivity contribution in [1.29, 1.82) is 0 Å². The molecular weight excluding hydrogens is 417 g/mol. The number of hydrogen-bond acceptors (Lipinski definition) is 5. The zero-order chi connectivity index (χ0) is 22.6. The second kappa shape index (κ2) is 9.65. The maximum absolute atomic E-state index is 13.3. The van der Waals surface area contributed by atoms with Crippen LogP contribution in [0.4, 0.5) is 10.3 Å². The zero-order valence-electron chi connectivity index (χ0n) is 18.7. The minimum Gasteiger partial charge on any atom is -0.341 e. The lowest BCUT2D eigenvalue weighted by atomic mass is 9.90. The Labute approximate surface area is 193 Å². The Hall–Kier alpha value is -3.35. The van der Waals surface area contributed by atoms with E-state index < -0.39 is 0 Å². The largest absolute Gasteiger partial charge is 0.341 e. The number of anilines is 1. The molecule has 170 valence electrons. The van der Waals surface area contributed by atoms with Crippen molar-refractivity contribution in [2.75, 3.05) is 31.1 Å². The highest BCUT2D eigenvalue weighted by atomic mass is 19.1. The predicted octanol–water partition coefficient (Wildman–Crippen LogP) is 4.69. The fourth-order valence-corrected chi connectivity index (χ4v) is 4.85. The molecule has 4 heterocycles. The van der Waals surface area contributed by atoms with Gasteiger partial charge in [-0.2, -0.15) is 0 Å². The minimum absolute atomic E-state index is 0.0621. The Balaban J connectivity index is 1.46. The number of likely N-dealkylation sites (tertiary alicyclic amines) is 1. The van der Waals surface area contributed by atoms with Crippen molar-refractivity contribution in [3.8, 4) is 11.1 Å². The van der Waals surface area contributed by atoms with E-state index >= 15 is 0 Å². The van der Waals surface area contributed by atoms with Gasteiger partial charge in [-0.15, -0.1) is 0 Å². The lowest BCUT2D eigenvalue weighted by Crippen LogP contribution is -2.39. The second-order valence-electron chi connectivity index (χ2n) is 8.86. The van der Waals surface area contributed by atoms with Crippen LogP contribution in [0.25, 0.3) is 11.1 Å². The van der Waals surface area contributed by atoms with Gasteiger partial charge in [0.2, 0.25) is 5.95 Å². The standard InChI is InChI=1S/C26H28FN5O/c27-22-10-8-19(9-11-22)25(33)32-15-5-7-21(18-32)24-23(20-6-4-12-28-16-20)17-29-26(30-24)31-13-2-1-3-14-31/h4,6,8-12,16-17,21H,1-3,5,7,13-15,18H2/t21-/m0/s1. The van der Waals surface area contributed by atoms with E-state index in [1.165, 1.54) is 18.6 Å². The lowest BCUT2D eigenvalue weighted by molar-refractivity contribution is 0.0706. The van der Waals surface area contributed by atoms with Crippen LogP contribution >= 0.6 is 0 Å². The predicted molar refractivity (Wildman–Crippen MR) is 126 cm³/mol. The van der Waals surface area contributed by atoms with E-state index in [9.17, 15) is 9.18 Å². The number of benzene rings is 1. The quantitative estimate of drug-likeness (QED) is 0.583. The fourth-order valence-electron chi connectivity index (χ4n) is 4.85. The molecule has 0 unspecified atom stereocenters. The van der Waals surface area contributed by atoms with Gasteiger partial charge >= 0.3 is 0 Å². The molecular formula is C26H28FN5O. The first kappa shape index (κ1) is 21.5. The van der Waals surface area contributed by atoms with Crippen LogP contribution < -0.4 is 4.90 Å². The van der Waals surface area contributed by atoms with Gasteiger partial charge in [0.15, 0.2) is 0 Å². The van der Waals surface area contributed by atoms with E-state index in [0.29, 0.717) is 18.7 Å². The van der Waals surface area contributed by atoms with E-state index in [1.54, 1.807) is 18.3 Å². The molecule has 1 aromatic carbocycles. The number of hydrogen-bond donors (Lipinski definition) is 0. The molecule has 5 rings (SSSR count). The third-order valence-corrected chi connectivity index (χ3v) is 6.60. The molecule has 2 aliphatic rings. The van der Waals surface area contributed by atoms with Crippen LogP contribution in [0.15, 0.2) is 55.0 Å². The highest BCUT2D eigenvalue weighted by Gasteiger charge is 2.29. The molecule has 0 spiro atoms. The van der Waals surface area contributed by atoms with E-state index in [4.69, 9.17) is 9.97 Å². The van der Waals surface area contributed by atoms with E-state index in [1.807, 2.05) is 29.4 Å². The molecule has 2 aliphatic heterocycles. The molecule has 0 aliphatic carbocycles. The molecule has 0 bridgehead atoms. The zero-order valence-corrected chi connectivity index (χ0v) is 18.7. The number of rotatable bonds is 4. The number of piperidine rings is 2. The maximum Gasteiger partial charge on any atom is 0.253 e. The summed E-state index contributed by atoms with van der Waals surface area (Å²) in [5, 5.41) is 0. The number of carbonyl (C=O) groups excluding carboxylic acids is 1. The number of nitrogens with zero attached hydrogens (tertiary/aromatic N) is 5. The summed E-state index contributed by atoms with van der Waals surface area (Å²) in [6, 6.07) is 9.74. The molecule has 1 atom stereocenters. The molecule has 2 fully saturated rings. The molecule has 1 amide bonds. The minimum atomic E-state index is -0.338. The summed E-state index contributed by atoms with van der Waals surface area (Å²) < 4.78 is 13.3. The van der Waals surface area contributed by atoms with Gasteiger partial charge in [-0.1, -0.05) is 6.07 Å². The lowest BCUT2D eigenvalue weighted by Gasteiger charge is -2.34. The third kappa shape index (κ3) is 4.72. The molecule has 0 saturated carbocycles. The Morgan fingerprint density at radius 3 is 2.55 bits per heavy atom. The van der Waals surface area contributed by atoms with Crippen molar-refractivity contribution in [3.05, 3.63) is 72.1 Å². The van der Waals surface area contributed by atoms with Crippen molar-refractivity contribution in [1.82, 2.24) is 19.9 Å².